The molecule has 0 spiro atoms. The Morgan fingerprint density at radius 2 is 1.26 bits per heavy atom. The van der Waals surface area contributed by atoms with Gasteiger partial charge in [-0.05, 0) is 97.5 Å². The monoisotopic (exact) mass is 1200 g/mol. The Bertz CT molecular complexity index is 2580. The van der Waals surface area contributed by atoms with Crippen LogP contribution in [0.2, 0.25) is 0 Å². The Labute approximate surface area is 522 Å². The van der Waals surface area contributed by atoms with Gasteiger partial charge in [0.1, 0.15) is 35.6 Å². The van der Waals surface area contributed by atoms with Crippen LogP contribution in [0.4, 0.5) is 0 Å². The average Bonchev–Trinajstić information content (AvgIpc) is 3.58. The SMILES string of the molecule is C=CCC(=C)/C=C/[C@@](C)(O)C1OC2CC3OC4CC5OC6CC7OC8CC9OC%10CC%11O[C@](C)(CCCOS(=O)(=O)[O-])C(OS(=O)(=O)[O-])CC%11OC%10CC9OC8CC[C@@]7(C)O[C@@]6(C)CC[C@H](C)C5OC4C(O)[C@@]3(C)OC2CC1=C.[Na+].[Na+]. The van der Waals surface area contributed by atoms with Crippen LogP contribution in [-0.2, 0) is 81.3 Å². The molecule has 0 aliphatic carbocycles. The summed E-state index contributed by atoms with van der Waals surface area (Å²) in [7, 11) is -10.1. The molecule has 25 heteroatoms. The van der Waals surface area contributed by atoms with E-state index in [0.29, 0.717) is 69.8 Å². The molecule has 0 aromatic rings. The van der Waals surface area contributed by atoms with Crippen molar-refractivity contribution in [3.63, 3.8) is 0 Å². The molecule has 20 unspecified atom stereocenters. The summed E-state index contributed by atoms with van der Waals surface area (Å²) in [5, 5.41) is 24.0. The van der Waals surface area contributed by atoms with Crippen LogP contribution < -0.4 is 59.1 Å². The summed E-state index contributed by atoms with van der Waals surface area (Å²) in [5.74, 6) is 0.0649. The molecule has 11 heterocycles. The molecule has 11 aliphatic heterocycles. The molecule has 11 fully saturated rings. The van der Waals surface area contributed by atoms with Gasteiger partial charge in [-0.2, -0.15) is 0 Å². The molecule has 0 aromatic carbocycles. The molecule has 0 bridgehead atoms. The standard InChI is InChI=1S/C56H84O21S2.2Na/c1-10-12-29(2)13-17-52(5,58)51-31(4)21-40-39(72-51)27-47-56(9,75-40)50(57)49-43(71-47)25-42-48(73-49)30(3)14-18-54(7)45(70-42)28-44-55(8,77-54)19-15-32-33(69-44)22-35-34(66-32)23-36-37(67-35)24-41-38(68-36)26-46(76-79(62,63)64)53(6,74-41)16-11-20-65-78(59,60)61;;/h10,13,17,30,32-51,57-58H,1-2,4,11-12,14-16,18-28H2,3,5-9H3,(H,59,60,61)(H,62,63,64);;/q;2*+1/p-2/b17-13+;;/t30-,32?,33?,34?,35?,36?,37?,38?,39?,40?,41?,42?,43?,44?,45?,46?,47?,48?,49?,50?,51?,52+,53+,54-,55+,56-;;/m0../s1. The van der Waals surface area contributed by atoms with E-state index in [1.807, 2.05) is 6.92 Å². The number of hydrogen-bond acceptors (Lipinski definition) is 21. The third kappa shape index (κ3) is 13.4. The summed E-state index contributed by atoms with van der Waals surface area (Å²) < 4.78 is 154. The van der Waals surface area contributed by atoms with Crippen molar-refractivity contribution >= 4 is 20.8 Å². The predicted octanol–water partition coefficient (Wildman–Crippen LogP) is -1.23. The first-order valence-corrected chi connectivity index (χ1v) is 31.3. The van der Waals surface area contributed by atoms with E-state index in [0.717, 1.165) is 18.4 Å². The number of aliphatic hydroxyl groups is 2. The maximum absolute atomic E-state index is 12.3. The minimum Gasteiger partial charge on any atom is -0.726 e. The molecule has 21 nitrogen and oxygen atoms in total. The van der Waals surface area contributed by atoms with E-state index in [9.17, 15) is 36.2 Å². The fourth-order valence-electron chi connectivity index (χ4n) is 15.5. The first-order valence-electron chi connectivity index (χ1n) is 28.6. The van der Waals surface area contributed by atoms with Gasteiger partial charge in [0.15, 0.2) is 0 Å². The van der Waals surface area contributed by atoms with Gasteiger partial charge in [-0.25, -0.2) is 16.8 Å². The molecule has 26 atom stereocenters. The molecule has 11 saturated heterocycles. The van der Waals surface area contributed by atoms with Gasteiger partial charge < -0.3 is 71.4 Å². The molecular weight excluding hydrogens is 1120 g/mol. The van der Waals surface area contributed by atoms with Gasteiger partial charge >= 0.3 is 59.1 Å². The van der Waals surface area contributed by atoms with Crippen molar-refractivity contribution in [2.75, 3.05) is 6.61 Å². The maximum atomic E-state index is 12.3. The first kappa shape index (κ1) is 65.6. The van der Waals surface area contributed by atoms with Gasteiger partial charge in [0, 0.05) is 44.9 Å². The van der Waals surface area contributed by atoms with E-state index in [1.54, 1.807) is 32.1 Å². The molecule has 81 heavy (non-hydrogen) atoms. The van der Waals surface area contributed by atoms with E-state index < -0.39 is 129 Å². The average molecular weight is 1200 g/mol. The number of allylic oxidation sites excluding steroid dienone is 3. The quantitative estimate of drug-likeness (QED) is 0.0578. The van der Waals surface area contributed by atoms with Crippen molar-refractivity contribution in [3.8, 4) is 0 Å². The summed E-state index contributed by atoms with van der Waals surface area (Å²) in [6.45, 7) is 23.3. The van der Waals surface area contributed by atoms with Crippen LogP contribution in [0.5, 0.6) is 0 Å². The van der Waals surface area contributed by atoms with Crippen molar-refractivity contribution in [2.45, 2.75) is 288 Å². The zero-order chi connectivity index (χ0) is 56.4. The van der Waals surface area contributed by atoms with Crippen molar-refractivity contribution in [1.82, 2.24) is 0 Å². The molecule has 446 valence electrons. The number of ether oxygens (including phenoxy) is 11. The van der Waals surface area contributed by atoms with Crippen LogP contribution in [-0.4, -0.2) is 193 Å². The van der Waals surface area contributed by atoms with Crippen LogP contribution in [0.15, 0.2) is 49.1 Å². The third-order valence-electron chi connectivity index (χ3n) is 19.8. The molecule has 11 rings (SSSR count). The molecule has 0 radical (unpaired) electrons. The van der Waals surface area contributed by atoms with Crippen LogP contribution in [0.3, 0.4) is 0 Å². The number of aliphatic hydroxyl groups excluding tert-OH is 1. The second kappa shape index (κ2) is 24.5. The second-order valence-electron chi connectivity index (χ2n) is 25.8. The van der Waals surface area contributed by atoms with Crippen molar-refractivity contribution < 1.29 is 156 Å². The predicted molar refractivity (Wildman–Crippen MR) is 277 cm³/mol. The largest absolute Gasteiger partial charge is 1.00 e. The number of fused-ring (bicyclic) bond motifs is 10. The molecule has 0 saturated carbocycles. The van der Waals surface area contributed by atoms with Gasteiger partial charge in [-0.1, -0.05) is 43.9 Å². The minimum atomic E-state index is -5.17. The Kier molecular flexibility index (Phi) is 19.9. The summed E-state index contributed by atoms with van der Waals surface area (Å²) >= 11 is 0. The van der Waals surface area contributed by atoms with Crippen LogP contribution >= 0.6 is 0 Å². The van der Waals surface area contributed by atoms with Gasteiger partial charge in [0.05, 0.1) is 121 Å². The topological polar surface area (TPSA) is 275 Å². The zero-order valence-corrected chi connectivity index (χ0v) is 53.9. The van der Waals surface area contributed by atoms with Crippen molar-refractivity contribution in [3.05, 3.63) is 49.1 Å². The van der Waals surface area contributed by atoms with Gasteiger partial charge in [-0.3, -0.25) is 8.37 Å². The Hall–Kier alpha value is 0.180. The van der Waals surface area contributed by atoms with E-state index in [-0.39, 0.29) is 133 Å². The maximum Gasteiger partial charge on any atom is 1.00 e. The van der Waals surface area contributed by atoms with E-state index in [4.69, 9.17) is 56.3 Å². The van der Waals surface area contributed by atoms with Crippen LogP contribution in [0.1, 0.15) is 138 Å². The first-order chi connectivity index (χ1) is 37.0. The minimum absolute atomic E-state index is 0. The summed E-state index contributed by atoms with van der Waals surface area (Å²) in [6.07, 6.45) is 2.04. The third-order valence-corrected chi connectivity index (χ3v) is 20.8. The Morgan fingerprint density at radius 1 is 0.704 bits per heavy atom. The Morgan fingerprint density at radius 3 is 1.90 bits per heavy atom. The van der Waals surface area contributed by atoms with Crippen LogP contribution in [0, 0.1) is 5.92 Å². The fraction of sp³-hybridized carbons (Fsp3) is 0.857. The molecule has 2 N–H and O–H groups in total. The zero-order valence-electron chi connectivity index (χ0n) is 48.3. The fourth-order valence-corrected chi connectivity index (χ4v) is 16.4. The summed E-state index contributed by atoms with van der Waals surface area (Å²) in [6, 6.07) is 0. The van der Waals surface area contributed by atoms with Gasteiger partial charge in [0.2, 0.25) is 20.8 Å². The summed E-state index contributed by atoms with van der Waals surface area (Å²) in [4.78, 5) is 0. The molecule has 0 aromatic heterocycles. The van der Waals surface area contributed by atoms with Gasteiger partial charge in [-0.15, -0.1) is 6.58 Å². The van der Waals surface area contributed by atoms with Crippen LogP contribution in [0.25, 0.3) is 0 Å². The molecule has 0 amide bonds. The second-order valence-corrected chi connectivity index (χ2v) is 27.9. The van der Waals surface area contributed by atoms with Crippen molar-refractivity contribution in [1.29, 1.82) is 0 Å². The summed E-state index contributed by atoms with van der Waals surface area (Å²) in [5.41, 5.74) is -3.62. The number of hydrogen-bond donors (Lipinski definition) is 2. The molecular formula is C56H82Na2O21S2. The van der Waals surface area contributed by atoms with Gasteiger partial charge in [0.25, 0.3) is 0 Å². The normalized spacial score (nSPS) is 49.3. The van der Waals surface area contributed by atoms with E-state index in [1.165, 1.54) is 0 Å². The smallest absolute Gasteiger partial charge is 0.726 e. The number of rotatable bonds is 12. The Balaban J connectivity index is 0.00000396. The van der Waals surface area contributed by atoms with Crippen molar-refractivity contribution in [2.24, 2.45) is 5.92 Å². The molecule has 11 aliphatic rings. The van der Waals surface area contributed by atoms with E-state index >= 15 is 0 Å². The van der Waals surface area contributed by atoms with E-state index in [2.05, 4.69) is 44.7 Å².